The average Bonchev–Trinajstić information content (AvgIpc) is 2.84. The van der Waals surface area contributed by atoms with Crippen LogP contribution in [0.5, 0.6) is 11.5 Å². The molecule has 0 aliphatic carbocycles. The van der Waals surface area contributed by atoms with Crippen molar-refractivity contribution in [3.05, 3.63) is 36.2 Å². The molecule has 0 saturated heterocycles. The molecule has 5 nitrogen and oxygen atoms in total. The fourth-order valence-corrected chi connectivity index (χ4v) is 2.10. The maximum absolute atomic E-state index is 5.57. The topological polar surface area (TPSA) is 48.3 Å². The van der Waals surface area contributed by atoms with Crippen molar-refractivity contribution >= 4 is 5.95 Å². The summed E-state index contributed by atoms with van der Waals surface area (Å²) in [4.78, 5) is 4.22. The van der Waals surface area contributed by atoms with Gasteiger partial charge in [-0.05, 0) is 24.1 Å². The van der Waals surface area contributed by atoms with Gasteiger partial charge in [0.1, 0.15) is 13.2 Å². The average molecular weight is 259 g/mol. The Morgan fingerprint density at radius 1 is 1.26 bits per heavy atom. The number of hydrogen-bond donors (Lipinski definition) is 1. The van der Waals surface area contributed by atoms with Crippen LogP contribution in [0.1, 0.15) is 5.56 Å². The molecular formula is C14H17N3O2. The SMILES string of the molecule is Cn1ccnc1NCCc1ccc2c(c1)OCCO2. The van der Waals surface area contributed by atoms with Crippen LogP contribution in [-0.2, 0) is 13.5 Å². The van der Waals surface area contributed by atoms with E-state index in [9.17, 15) is 0 Å². The van der Waals surface area contributed by atoms with Gasteiger partial charge in [-0.25, -0.2) is 4.98 Å². The highest BCUT2D eigenvalue weighted by Crippen LogP contribution is 2.30. The zero-order valence-electron chi connectivity index (χ0n) is 10.9. The summed E-state index contributed by atoms with van der Waals surface area (Å²) >= 11 is 0. The maximum Gasteiger partial charge on any atom is 0.202 e. The predicted octanol–water partition coefficient (Wildman–Crippen LogP) is 1.85. The fraction of sp³-hybridized carbons (Fsp3) is 0.357. The Labute approximate surface area is 112 Å². The molecule has 0 spiro atoms. The van der Waals surface area contributed by atoms with Crippen molar-refractivity contribution in [3.63, 3.8) is 0 Å². The molecule has 2 aromatic rings. The Hall–Kier alpha value is -2.17. The number of anilines is 1. The minimum atomic E-state index is 0.627. The van der Waals surface area contributed by atoms with E-state index in [1.165, 1.54) is 5.56 Å². The molecule has 5 heteroatoms. The van der Waals surface area contributed by atoms with Crippen molar-refractivity contribution in [1.29, 1.82) is 0 Å². The Morgan fingerprint density at radius 3 is 2.89 bits per heavy atom. The van der Waals surface area contributed by atoms with Gasteiger partial charge >= 0.3 is 0 Å². The van der Waals surface area contributed by atoms with Crippen molar-refractivity contribution in [2.75, 3.05) is 25.1 Å². The van der Waals surface area contributed by atoms with Crippen LogP contribution in [0.2, 0.25) is 0 Å². The summed E-state index contributed by atoms with van der Waals surface area (Å²) in [6.07, 6.45) is 4.63. The van der Waals surface area contributed by atoms with Crippen LogP contribution >= 0.6 is 0 Å². The lowest BCUT2D eigenvalue weighted by Crippen LogP contribution is -2.15. The third-order valence-electron chi connectivity index (χ3n) is 3.12. The van der Waals surface area contributed by atoms with Crippen LogP contribution in [0.4, 0.5) is 5.95 Å². The molecule has 0 radical (unpaired) electrons. The van der Waals surface area contributed by atoms with Crippen LogP contribution in [0.3, 0.4) is 0 Å². The standard InChI is InChI=1S/C14H17N3O2/c1-17-7-6-16-14(17)15-5-4-11-2-3-12-13(10-11)19-9-8-18-12/h2-3,6-7,10H,4-5,8-9H2,1H3,(H,15,16). The molecular weight excluding hydrogens is 242 g/mol. The number of aromatic nitrogens is 2. The first-order valence-electron chi connectivity index (χ1n) is 6.42. The number of aryl methyl sites for hydroxylation is 1. The summed E-state index contributed by atoms with van der Waals surface area (Å²) in [7, 11) is 1.97. The van der Waals surface area contributed by atoms with Gasteiger partial charge in [0.25, 0.3) is 0 Å². The summed E-state index contributed by atoms with van der Waals surface area (Å²) in [5.41, 5.74) is 1.23. The lowest BCUT2D eigenvalue weighted by Gasteiger charge is -2.18. The number of nitrogens with one attached hydrogen (secondary N) is 1. The molecule has 1 aromatic heterocycles. The van der Waals surface area contributed by atoms with E-state index in [0.717, 1.165) is 30.4 Å². The van der Waals surface area contributed by atoms with Gasteiger partial charge < -0.3 is 19.4 Å². The van der Waals surface area contributed by atoms with E-state index in [1.54, 1.807) is 6.20 Å². The Balaban J connectivity index is 1.59. The molecule has 1 aliphatic heterocycles. The largest absolute Gasteiger partial charge is 0.486 e. The van der Waals surface area contributed by atoms with Crippen molar-refractivity contribution in [2.24, 2.45) is 7.05 Å². The smallest absolute Gasteiger partial charge is 0.202 e. The number of imidazole rings is 1. The summed E-state index contributed by atoms with van der Waals surface area (Å²) < 4.78 is 13.0. The molecule has 0 unspecified atom stereocenters. The molecule has 0 fully saturated rings. The van der Waals surface area contributed by atoms with Crippen LogP contribution in [0.15, 0.2) is 30.6 Å². The van der Waals surface area contributed by atoms with Gasteiger partial charge in [-0.3, -0.25) is 0 Å². The number of benzene rings is 1. The highest BCUT2D eigenvalue weighted by molar-refractivity contribution is 5.44. The second-order valence-electron chi connectivity index (χ2n) is 4.52. The highest BCUT2D eigenvalue weighted by Gasteiger charge is 2.11. The van der Waals surface area contributed by atoms with E-state index in [4.69, 9.17) is 9.47 Å². The Morgan fingerprint density at radius 2 is 2.11 bits per heavy atom. The van der Waals surface area contributed by atoms with E-state index in [0.29, 0.717) is 13.2 Å². The Kier molecular flexibility index (Phi) is 3.27. The fourth-order valence-electron chi connectivity index (χ4n) is 2.10. The summed E-state index contributed by atoms with van der Waals surface area (Å²) in [5.74, 6) is 2.57. The van der Waals surface area contributed by atoms with Gasteiger partial charge in [0.15, 0.2) is 11.5 Å². The van der Waals surface area contributed by atoms with Gasteiger partial charge in [0.05, 0.1) is 0 Å². The van der Waals surface area contributed by atoms with Gasteiger partial charge in [0.2, 0.25) is 5.95 Å². The van der Waals surface area contributed by atoms with Gasteiger partial charge in [-0.1, -0.05) is 6.07 Å². The number of nitrogens with zero attached hydrogens (tertiary/aromatic N) is 2. The maximum atomic E-state index is 5.57. The molecule has 3 rings (SSSR count). The second kappa shape index (κ2) is 5.22. The minimum Gasteiger partial charge on any atom is -0.486 e. The van der Waals surface area contributed by atoms with Crippen LogP contribution in [-0.4, -0.2) is 29.3 Å². The molecule has 1 aromatic carbocycles. The van der Waals surface area contributed by atoms with Crippen LogP contribution < -0.4 is 14.8 Å². The van der Waals surface area contributed by atoms with Gasteiger partial charge in [0, 0.05) is 26.0 Å². The van der Waals surface area contributed by atoms with E-state index < -0.39 is 0 Å². The molecule has 0 saturated carbocycles. The molecule has 1 aliphatic rings. The van der Waals surface area contributed by atoms with Crippen molar-refractivity contribution in [3.8, 4) is 11.5 Å². The molecule has 1 N–H and O–H groups in total. The predicted molar refractivity (Wildman–Crippen MR) is 72.8 cm³/mol. The van der Waals surface area contributed by atoms with E-state index in [1.807, 2.05) is 23.9 Å². The molecule has 0 amide bonds. The monoisotopic (exact) mass is 259 g/mol. The molecule has 0 atom stereocenters. The normalized spacial score (nSPS) is 13.3. The number of rotatable bonds is 4. The van der Waals surface area contributed by atoms with Crippen LogP contribution in [0, 0.1) is 0 Å². The third kappa shape index (κ3) is 2.65. The Bertz CT molecular complexity index is 566. The van der Waals surface area contributed by atoms with E-state index >= 15 is 0 Å². The molecule has 2 heterocycles. The summed E-state index contributed by atoms with van der Waals surface area (Å²) in [6, 6.07) is 6.10. The van der Waals surface area contributed by atoms with Crippen LogP contribution in [0.25, 0.3) is 0 Å². The van der Waals surface area contributed by atoms with Gasteiger partial charge in [-0.15, -0.1) is 0 Å². The number of hydrogen-bond acceptors (Lipinski definition) is 4. The summed E-state index contributed by atoms with van der Waals surface area (Å²) in [5, 5.41) is 3.30. The third-order valence-corrected chi connectivity index (χ3v) is 3.12. The van der Waals surface area contributed by atoms with E-state index in [-0.39, 0.29) is 0 Å². The first kappa shape index (κ1) is 11.9. The zero-order valence-corrected chi connectivity index (χ0v) is 10.9. The van der Waals surface area contributed by atoms with Crippen molar-refractivity contribution < 1.29 is 9.47 Å². The molecule has 0 bridgehead atoms. The van der Waals surface area contributed by atoms with Crippen molar-refractivity contribution in [1.82, 2.24) is 9.55 Å². The van der Waals surface area contributed by atoms with Crippen molar-refractivity contribution in [2.45, 2.75) is 6.42 Å². The number of fused-ring (bicyclic) bond motifs is 1. The minimum absolute atomic E-state index is 0.627. The number of ether oxygens (including phenoxy) is 2. The van der Waals surface area contributed by atoms with E-state index in [2.05, 4.69) is 22.4 Å². The highest BCUT2D eigenvalue weighted by atomic mass is 16.6. The first-order chi connectivity index (χ1) is 9.33. The van der Waals surface area contributed by atoms with Gasteiger partial charge in [-0.2, -0.15) is 0 Å². The zero-order chi connectivity index (χ0) is 13.1. The molecule has 100 valence electrons. The first-order valence-corrected chi connectivity index (χ1v) is 6.42. The molecule has 19 heavy (non-hydrogen) atoms. The second-order valence-corrected chi connectivity index (χ2v) is 4.52. The quantitative estimate of drug-likeness (QED) is 0.910. The summed E-state index contributed by atoms with van der Waals surface area (Å²) in [6.45, 7) is 2.10. The lowest BCUT2D eigenvalue weighted by molar-refractivity contribution is 0.171. The lowest BCUT2D eigenvalue weighted by atomic mass is 10.1.